The first-order valence-electron chi connectivity index (χ1n) is 5.36. The van der Waals surface area contributed by atoms with Crippen molar-refractivity contribution >= 4 is 28.4 Å². The van der Waals surface area contributed by atoms with Crippen LogP contribution < -0.4 is 5.32 Å². The molecule has 2 aromatic rings. The minimum Gasteiger partial charge on any atom is -0.478 e. The lowest BCUT2D eigenvalue weighted by Gasteiger charge is -2.05. The van der Waals surface area contributed by atoms with Gasteiger partial charge in [0.05, 0.1) is 11.3 Å². The van der Waals surface area contributed by atoms with Crippen molar-refractivity contribution in [2.45, 2.75) is 6.92 Å². The van der Waals surface area contributed by atoms with Crippen LogP contribution >= 0.6 is 11.5 Å². The molecule has 0 bridgehead atoms. The lowest BCUT2D eigenvalue weighted by Crippen LogP contribution is -2.15. The van der Waals surface area contributed by atoms with E-state index in [0.717, 1.165) is 23.7 Å². The number of carboxylic acid groups (broad SMARTS) is 1. The lowest BCUT2D eigenvalue weighted by atomic mass is 10.2. The van der Waals surface area contributed by atoms with E-state index >= 15 is 0 Å². The van der Waals surface area contributed by atoms with Gasteiger partial charge in [0.2, 0.25) is 0 Å². The molecule has 0 spiro atoms. The number of nitrogens with one attached hydrogen (secondary N) is 1. The van der Waals surface area contributed by atoms with Crippen molar-refractivity contribution in [3.05, 3.63) is 46.7 Å². The monoisotopic (exact) mass is 298 g/mol. The molecule has 0 saturated heterocycles. The van der Waals surface area contributed by atoms with Gasteiger partial charge in [-0.25, -0.2) is 13.6 Å². The maximum atomic E-state index is 13.5. The molecule has 0 saturated carbocycles. The number of halogens is 2. The Bertz CT molecular complexity index is 700. The molecular weight excluding hydrogens is 290 g/mol. The number of carboxylic acids is 1. The zero-order chi connectivity index (χ0) is 14.9. The largest absolute Gasteiger partial charge is 0.478 e. The minimum atomic E-state index is -1.29. The van der Waals surface area contributed by atoms with E-state index in [1.54, 1.807) is 0 Å². The predicted octanol–water partition coefficient (Wildman–Crippen LogP) is 2.68. The molecule has 1 heterocycles. The lowest BCUT2D eigenvalue weighted by molar-refractivity contribution is 0.0697. The molecule has 5 nitrogen and oxygen atoms in total. The van der Waals surface area contributed by atoms with Crippen molar-refractivity contribution in [3.8, 4) is 0 Å². The third kappa shape index (κ3) is 2.50. The van der Waals surface area contributed by atoms with Gasteiger partial charge in [-0.1, -0.05) is 6.07 Å². The van der Waals surface area contributed by atoms with Crippen LogP contribution in [0.25, 0.3) is 0 Å². The number of nitrogens with zero attached hydrogens (tertiary/aromatic N) is 1. The number of hydrogen-bond donors (Lipinski definition) is 2. The molecule has 2 N–H and O–H groups in total. The molecule has 104 valence electrons. The first-order valence-corrected chi connectivity index (χ1v) is 6.14. The summed E-state index contributed by atoms with van der Waals surface area (Å²) in [5, 5.41) is 11.2. The number of hydrogen-bond acceptors (Lipinski definition) is 4. The van der Waals surface area contributed by atoms with Crippen molar-refractivity contribution in [3.63, 3.8) is 0 Å². The Kier molecular flexibility index (Phi) is 3.75. The Labute approximate surface area is 116 Å². The Hall–Kier alpha value is -2.35. The topological polar surface area (TPSA) is 79.3 Å². The fourth-order valence-corrected chi connectivity index (χ4v) is 2.34. The molecule has 1 aromatic heterocycles. The van der Waals surface area contributed by atoms with Gasteiger partial charge in [0, 0.05) is 0 Å². The van der Waals surface area contributed by atoms with Crippen molar-refractivity contribution in [2.24, 2.45) is 0 Å². The van der Waals surface area contributed by atoms with Gasteiger partial charge in [0.15, 0.2) is 11.6 Å². The van der Waals surface area contributed by atoms with Gasteiger partial charge >= 0.3 is 5.97 Å². The van der Waals surface area contributed by atoms with E-state index in [1.807, 2.05) is 0 Å². The molecule has 20 heavy (non-hydrogen) atoms. The normalized spacial score (nSPS) is 10.3. The van der Waals surface area contributed by atoms with Crippen molar-refractivity contribution in [1.82, 2.24) is 4.37 Å². The summed E-state index contributed by atoms with van der Waals surface area (Å²) >= 11 is 0.759. The zero-order valence-corrected chi connectivity index (χ0v) is 10.9. The number of benzene rings is 1. The first-order chi connectivity index (χ1) is 9.41. The SMILES string of the molecule is Cc1nsc(NC(=O)c2cccc(F)c2F)c1C(=O)O. The summed E-state index contributed by atoms with van der Waals surface area (Å²) in [7, 11) is 0. The molecule has 0 aliphatic heterocycles. The van der Waals surface area contributed by atoms with E-state index in [1.165, 1.54) is 13.0 Å². The van der Waals surface area contributed by atoms with Crippen LogP contribution in [0.1, 0.15) is 26.4 Å². The fraction of sp³-hybridized carbons (Fsp3) is 0.0833. The number of aryl methyl sites for hydroxylation is 1. The summed E-state index contributed by atoms with van der Waals surface area (Å²) in [4.78, 5) is 22.9. The maximum Gasteiger partial charge on any atom is 0.340 e. The Morgan fingerprint density at radius 3 is 2.70 bits per heavy atom. The molecule has 2 rings (SSSR count). The van der Waals surface area contributed by atoms with Crippen LogP contribution in [0.3, 0.4) is 0 Å². The highest BCUT2D eigenvalue weighted by molar-refractivity contribution is 7.11. The summed E-state index contributed by atoms with van der Waals surface area (Å²) in [6, 6.07) is 3.16. The number of rotatable bonds is 3. The van der Waals surface area contributed by atoms with Gasteiger partial charge in [-0.2, -0.15) is 4.37 Å². The molecule has 0 aliphatic rings. The highest BCUT2D eigenvalue weighted by atomic mass is 32.1. The van der Waals surface area contributed by atoms with Crippen molar-refractivity contribution in [2.75, 3.05) is 5.32 Å². The average molecular weight is 298 g/mol. The van der Waals surface area contributed by atoms with Gasteiger partial charge in [0.1, 0.15) is 10.6 Å². The quantitative estimate of drug-likeness (QED) is 0.913. The number of carbonyl (C=O) groups excluding carboxylic acids is 1. The molecule has 0 fully saturated rings. The van der Waals surface area contributed by atoms with E-state index < -0.39 is 29.1 Å². The fourth-order valence-electron chi connectivity index (χ4n) is 1.56. The summed E-state index contributed by atoms with van der Waals surface area (Å²) in [6.45, 7) is 1.47. The highest BCUT2D eigenvalue weighted by Crippen LogP contribution is 2.25. The van der Waals surface area contributed by atoms with Crippen LogP contribution in [0.2, 0.25) is 0 Å². The molecule has 0 radical (unpaired) electrons. The van der Waals surface area contributed by atoms with E-state index in [4.69, 9.17) is 5.11 Å². The van der Waals surface area contributed by atoms with E-state index in [9.17, 15) is 18.4 Å². The molecule has 1 amide bonds. The number of anilines is 1. The molecule has 0 aliphatic carbocycles. The Morgan fingerprint density at radius 2 is 2.05 bits per heavy atom. The summed E-state index contributed by atoms with van der Waals surface area (Å²) in [5.41, 5.74) is -0.440. The second-order valence-electron chi connectivity index (χ2n) is 3.83. The minimum absolute atomic E-state index is 0.0244. The van der Waals surface area contributed by atoms with Crippen LogP contribution in [0.15, 0.2) is 18.2 Å². The summed E-state index contributed by atoms with van der Waals surface area (Å²) in [5.74, 6) is -4.64. The molecule has 0 atom stereocenters. The van der Waals surface area contributed by atoms with Gasteiger partial charge in [-0.05, 0) is 30.6 Å². The van der Waals surface area contributed by atoms with Gasteiger partial charge in [-0.15, -0.1) is 0 Å². The maximum absolute atomic E-state index is 13.5. The van der Waals surface area contributed by atoms with Crippen molar-refractivity contribution in [1.29, 1.82) is 0 Å². The van der Waals surface area contributed by atoms with Crippen LogP contribution in [0.5, 0.6) is 0 Å². The average Bonchev–Trinajstić information content (AvgIpc) is 2.73. The third-order valence-corrected chi connectivity index (χ3v) is 3.35. The number of aromatic carboxylic acids is 1. The molecule has 0 unspecified atom stereocenters. The smallest absolute Gasteiger partial charge is 0.340 e. The van der Waals surface area contributed by atoms with E-state index in [2.05, 4.69) is 9.69 Å². The van der Waals surface area contributed by atoms with Gasteiger partial charge in [-0.3, -0.25) is 4.79 Å². The Balaban J connectivity index is 2.33. The van der Waals surface area contributed by atoms with Crippen LogP contribution in [0.4, 0.5) is 13.8 Å². The van der Waals surface area contributed by atoms with Gasteiger partial charge < -0.3 is 10.4 Å². The predicted molar refractivity (Wildman–Crippen MR) is 68.1 cm³/mol. The Morgan fingerprint density at radius 1 is 1.35 bits per heavy atom. The van der Waals surface area contributed by atoms with Crippen molar-refractivity contribution < 1.29 is 23.5 Å². The molecular formula is C12H8F2N2O3S. The van der Waals surface area contributed by atoms with Crippen LogP contribution in [-0.2, 0) is 0 Å². The van der Waals surface area contributed by atoms with E-state index in [0.29, 0.717) is 0 Å². The van der Waals surface area contributed by atoms with Crippen LogP contribution in [-0.4, -0.2) is 21.4 Å². The molecule has 8 heteroatoms. The summed E-state index contributed by atoms with van der Waals surface area (Å²) in [6.07, 6.45) is 0. The number of aromatic nitrogens is 1. The number of amides is 1. The summed E-state index contributed by atoms with van der Waals surface area (Å²) < 4.78 is 30.3. The second-order valence-corrected chi connectivity index (χ2v) is 4.61. The highest BCUT2D eigenvalue weighted by Gasteiger charge is 2.21. The second kappa shape index (κ2) is 5.33. The van der Waals surface area contributed by atoms with Crippen LogP contribution in [0, 0.1) is 18.6 Å². The van der Waals surface area contributed by atoms with E-state index in [-0.39, 0.29) is 16.3 Å². The molecule has 1 aromatic carbocycles. The zero-order valence-electron chi connectivity index (χ0n) is 10.1. The standard InChI is InChI=1S/C12H8F2N2O3S/c1-5-8(12(18)19)11(20-16-5)15-10(17)6-3-2-4-7(13)9(6)14/h2-4H,1H3,(H,15,17)(H,18,19). The first kappa shape index (κ1) is 14.1. The van der Waals surface area contributed by atoms with Gasteiger partial charge in [0.25, 0.3) is 5.91 Å². The number of carbonyl (C=O) groups is 2. The third-order valence-electron chi connectivity index (χ3n) is 2.50.